The predicted molar refractivity (Wildman–Crippen MR) is 255 cm³/mol. The van der Waals surface area contributed by atoms with Crippen molar-refractivity contribution < 1.29 is 4.70 Å². The monoisotopic (exact) mass is 785 g/mol. The van der Waals surface area contributed by atoms with Crippen LogP contribution in [0.1, 0.15) is 242 Å². The van der Waals surface area contributed by atoms with Gasteiger partial charge in [0.25, 0.3) is 0 Å². The van der Waals surface area contributed by atoms with Gasteiger partial charge in [0, 0.05) is 48.5 Å². The molecule has 0 N–H and O–H groups in total. The smallest absolute Gasteiger partial charge is 0.211 e. The lowest BCUT2D eigenvalue weighted by Crippen LogP contribution is -2.06. The molecule has 0 unspecified atom stereocenters. The maximum Gasteiger partial charge on any atom is 0.211 e. The Morgan fingerprint density at radius 2 is 0.759 bits per heavy atom. The third-order valence-electron chi connectivity index (χ3n) is 12.0. The Bertz CT molecular complexity index is 1580. The van der Waals surface area contributed by atoms with Crippen LogP contribution in [0.4, 0.5) is 0 Å². The molecule has 0 aliphatic carbocycles. The molecule has 0 spiro atoms. The van der Waals surface area contributed by atoms with Gasteiger partial charge in [0.05, 0.1) is 0 Å². The van der Waals surface area contributed by atoms with Crippen molar-refractivity contribution in [2.24, 2.45) is 0 Å². The van der Waals surface area contributed by atoms with Crippen LogP contribution in [-0.2, 0) is 12.8 Å². The molecule has 0 bridgehead atoms. The van der Waals surface area contributed by atoms with Crippen molar-refractivity contribution in [1.29, 1.82) is 0 Å². The molecule has 2 heteroatoms. The lowest BCUT2D eigenvalue weighted by molar-refractivity contribution is -0.344. The quantitative estimate of drug-likeness (QED) is 0.0391. The highest BCUT2D eigenvalue weighted by Crippen LogP contribution is 2.39. The summed E-state index contributed by atoms with van der Waals surface area (Å²) >= 11 is 0. The molecule has 3 rings (SSSR count). The summed E-state index contributed by atoms with van der Waals surface area (Å²) in [6.07, 6.45) is 44.0. The first kappa shape index (κ1) is 49.0. The zero-order valence-electron chi connectivity index (χ0n) is 37.9. The molecule has 0 fully saturated rings. The van der Waals surface area contributed by atoms with Crippen molar-refractivity contribution in [2.75, 3.05) is 0 Å². The third-order valence-corrected chi connectivity index (χ3v) is 12.0. The number of aryl methyl sites for hydroxylation is 2. The average molecular weight is 785 g/mol. The van der Waals surface area contributed by atoms with Crippen LogP contribution in [0.15, 0.2) is 60.2 Å². The maximum atomic E-state index is 12.0. The highest BCUT2D eigenvalue weighted by atomic mass is 15.2. The van der Waals surface area contributed by atoms with Crippen molar-refractivity contribution >= 4 is 11.4 Å². The van der Waals surface area contributed by atoms with E-state index in [2.05, 4.69) is 99.1 Å². The van der Waals surface area contributed by atoms with E-state index in [0.717, 1.165) is 80.3 Å². The normalized spacial score (nSPS) is 12.4. The number of hydrogen-bond donors (Lipinski definition) is 0. The van der Waals surface area contributed by atoms with E-state index >= 15 is 0 Å². The molecule has 0 aromatic heterocycles. The van der Waals surface area contributed by atoms with Gasteiger partial charge in [0.1, 0.15) is 0 Å². The van der Waals surface area contributed by atoms with E-state index in [1.165, 1.54) is 175 Å². The van der Waals surface area contributed by atoms with E-state index in [9.17, 15) is 5.53 Å². The van der Waals surface area contributed by atoms with Crippen LogP contribution < -0.4 is 0 Å². The molecule has 1 aliphatic heterocycles. The summed E-state index contributed by atoms with van der Waals surface area (Å²) < 4.78 is 1.49. The van der Waals surface area contributed by atoms with Crippen LogP contribution in [0, 0.1) is 23.7 Å². The molecule has 318 valence electrons. The van der Waals surface area contributed by atoms with Gasteiger partial charge in [-0.15, -0.1) is 23.7 Å². The van der Waals surface area contributed by atoms with Crippen molar-refractivity contribution in [2.45, 2.75) is 233 Å². The van der Waals surface area contributed by atoms with Gasteiger partial charge in [0.15, 0.2) is 0 Å². The highest BCUT2D eigenvalue weighted by Gasteiger charge is 2.30. The molecule has 0 radical (unpaired) electrons. The number of rotatable bonds is 33. The average Bonchev–Trinajstić information content (AvgIpc) is 3.57. The fraction of sp³-hybridized carbons (Fsp3) is 0.643. The van der Waals surface area contributed by atoms with E-state index in [0.29, 0.717) is 0 Å². The largest absolute Gasteiger partial charge is 0.493 e. The van der Waals surface area contributed by atoms with Gasteiger partial charge < -0.3 is 5.53 Å². The fourth-order valence-corrected chi connectivity index (χ4v) is 8.40. The second-order valence-corrected chi connectivity index (χ2v) is 17.1. The summed E-state index contributed by atoms with van der Waals surface area (Å²) in [5, 5.41) is 0. The summed E-state index contributed by atoms with van der Waals surface area (Å²) in [5.74, 6) is 13.9. The minimum absolute atomic E-state index is 0.847. The second-order valence-electron chi connectivity index (χ2n) is 17.1. The number of hydrogen-bond acceptors (Lipinski definition) is 0. The molecular formula is C56H84N2. The van der Waals surface area contributed by atoms with E-state index in [4.69, 9.17) is 0 Å². The first-order valence-corrected chi connectivity index (χ1v) is 24.7. The zero-order valence-corrected chi connectivity index (χ0v) is 37.9. The first-order valence-electron chi connectivity index (χ1n) is 24.7. The zero-order chi connectivity index (χ0) is 41.1. The van der Waals surface area contributed by atoms with Gasteiger partial charge in [-0.25, -0.2) is 4.70 Å². The first-order chi connectivity index (χ1) is 28.7. The number of unbranched alkanes of at least 4 members (excludes halogenated alkanes) is 25. The summed E-state index contributed by atoms with van der Waals surface area (Å²) in [6.45, 7) is 6.83. The van der Waals surface area contributed by atoms with Gasteiger partial charge >= 0.3 is 0 Å². The van der Waals surface area contributed by atoms with Crippen molar-refractivity contribution in [3.63, 3.8) is 0 Å². The van der Waals surface area contributed by atoms with Gasteiger partial charge in [-0.1, -0.05) is 205 Å². The molecule has 2 aromatic rings. The van der Waals surface area contributed by atoms with Crippen molar-refractivity contribution in [1.82, 2.24) is 0 Å². The minimum atomic E-state index is 0.847. The van der Waals surface area contributed by atoms with E-state index in [-0.39, 0.29) is 0 Å². The molecule has 2 nitrogen and oxygen atoms in total. The molecule has 0 saturated carbocycles. The maximum absolute atomic E-state index is 12.0. The molecule has 2 aromatic carbocycles. The van der Waals surface area contributed by atoms with E-state index in [1.54, 1.807) is 0 Å². The Balaban J connectivity index is 1.44. The minimum Gasteiger partial charge on any atom is -0.493 e. The molecule has 0 atom stereocenters. The van der Waals surface area contributed by atoms with E-state index in [1.807, 2.05) is 0 Å². The molecular weight excluding hydrogens is 701 g/mol. The van der Waals surface area contributed by atoms with Gasteiger partial charge in [-0.05, 0) is 61.8 Å². The molecule has 0 saturated heterocycles. The Labute approximate surface area is 359 Å². The Hall–Kier alpha value is -3.36. The summed E-state index contributed by atoms with van der Waals surface area (Å²) in [5.41, 5.74) is 19.8. The Morgan fingerprint density at radius 3 is 1.21 bits per heavy atom. The third kappa shape index (κ3) is 20.6. The predicted octanol–water partition coefficient (Wildman–Crippen LogP) is 17.7. The lowest BCUT2D eigenvalue weighted by atomic mass is 9.96. The standard InChI is InChI=1S/C56H84N2/c1-4-7-10-12-14-16-18-20-22-24-26-28-30-32-34-36-43-50-45-38-40-47-53(50)55-49-52(42-9-6-3)56(58(55)57)54-48-41-39-46-51(54)44-37-35-33-31-29-27-25-23-21-19-17-15-13-11-8-5-2/h38-41,45-49H,4-31,36-37,42-44H2,1-3H3. The Kier molecular flexibility index (Phi) is 28.3. The van der Waals surface area contributed by atoms with Crippen LogP contribution in [0.5, 0.6) is 0 Å². The summed E-state index contributed by atoms with van der Waals surface area (Å²) in [7, 11) is 0. The topological polar surface area (TPSA) is 25.3 Å². The van der Waals surface area contributed by atoms with E-state index < -0.39 is 0 Å². The van der Waals surface area contributed by atoms with Crippen LogP contribution in [0.2, 0.25) is 0 Å². The Morgan fingerprint density at radius 1 is 0.397 bits per heavy atom. The summed E-state index contributed by atoms with van der Waals surface area (Å²) in [4.78, 5) is 0. The van der Waals surface area contributed by atoms with Crippen molar-refractivity contribution in [3.8, 4) is 23.7 Å². The van der Waals surface area contributed by atoms with Crippen LogP contribution in [-0.4, -0.2) is 4.70 Å². The molecule has 1 aliphatic rings. The van der Waals surface area contributed by atoms with Gasteiger partial charge in [-0.3, -0.25) is 0 Å². The van der Waals surface area contributed by atoms with Gasteiger partial charge in [0.2, 0.25) is 11.4 Å². The number of benzene rings is 2. The van der Waals surface area contributed by atoms with Crippen LogP contribution in [0.3, 0.4) is 0 Å². The number of allylic oxidation sites excluding steroid dienone is 2. The van der Waals surface area contributed by atoms with Crippen molar-refractivity contribution in [3.05, 3.63) is 88.0 Å². The highest BCUT2D eigenvalue weighted by molar-refractivity contribution is 5.80. The van der Waals surface area contributed by atoms with Crippen LogP contribution in [0.25, 0.3) is 16.9 Å². The molecule has 58 heavy (non-hydrogen) atoms. The fourth-order valence-electron chi connectivity index (χ4n) is 8.40. The number of nitrogens with zero attached hydrogens (tertiary/aromatic N) is 2. The molecule has 1 heterocycles. The van der Waals surface area contributed by atoms with Gasteiger partial charge in [-0.2, -0.15) is 0 Å². The lowest BCUT2D eigenvalue weighted by Gasteiger charge is -2.14. The second kappa shape index (κ2) is 33.5. The molecule has 0 amide bonds. The summed E-state index contributed by atoms with van der Waals surface area (Å²) in [6, 6.07) is 17.3. The SMILES string of the molecule is CCCCCCCCCCCCCCC#CCCc1ccccc1C1=CC(CCCC)=C(c2ccccc2CCC#CCCCCCCCCCCCCCC)[N+]1=[N-]. The van der Waals surface area contributed by atoms with Crippen LogP contribution >= 0.6 is 0 Å².